The number of hydrogen-bond acceptors (Lipinski definition) is 5. The summed E-state index contributed by atoms with van der Waals surface area (Å²) >= 11 is 5.92. The van der Waals surface area contributed by atoms with Crippen LogP contribution in [-0.2, 0) is 17.8 Å². The Balaban J connectivity index is 2.14. The Morgan fingerprint density at radius 2 is 2.00 bits per heavy atom. The topological polar surface area (TPSA) is 104 Å². The minimum absolute atomic E-state index is 0.165. The molecule has 128 valence electrons. The number of pyridine rings is 1. The van der Waals surface area contributed by atoms with Crippen LogP contribution < -0.4 is 16.1 Å². The molecule has 1 N–H and O–H groups in total. The van der Waals surface area contributed by atoms with Gasteiger partial charge in [0, 0.05) is 41.6 Å². The van der Waals surface area contributed by atoms with Crippen molar-refractivity contribution in [3.8, 4) is 5.75 Å². The second-order valence-corrected chi connectivity index (χ2v) is 5.93. The Morgan fingerprint density at radius 3 is 2.68 bits per heavy atom. The van der Waals surface area contributed by atoms with Crippen molar-refractivity contribution < 1.29 is 15.0 Å². The van der Waals surface area contributed by atoms with Gasteiger partial charge in [0.25, 0.3) is 5.56 Å². The third kappa shape index (κ3) is 3.27. The van der Waals surface area contributed by atoms with Crippen molar-refractivity contribution in [1.29, 1.82) is 0 Å². The average Bonchev–Trinajstić information content (AvgIpc) is 2.54. The third-order valence-electron chi connectivity index (χ3n) is 3.73. The van der Waals surface area contributed by atoms with Gasteiger partial charge in [0.1, 0.15) is 0 Å². The van der Waals surface area contributed by atoms with Crippen LogP contribution in [0.2, 0.25) is 5.02 Å². The smallest absolute Gasteiger partial charge is 0.279 e. The minimum Gasteiger partial charge on any atom is -0.550 e. The van der Waals surface area contributed by atoms with Gasteiger partial charge in [-0.05, 0) is 17.7 Å². The van der Waals surface area contributed by atoms with E-state index in [9.17, 15) is 24.6 Å². The maximum Gasteiger partial charge on any atom is 0.279 e. The lowest BCUT2D eigenvalue weighted by Crippen LogP contribution is -2.29. The normalized spacial score (nSPS) is 10.9. The van der Waals surface area contributed by atoms with Crippen LogP contribution in [-0.4, -0.2) is 20.0 Å². The van der Waals surface area contributed by atoms with Crippen LogP contribution in [0, 0.1) is 0 Å². The van der Waals surface area contributed by atoms with Crippen LogP contribution in [0.3, 0.4) is 0 Å². The predicted octanol–water partition coefficient (Wildman–Crippen LogP) is 0.161. The molecule has 0 bridgehead atoms. The van der Waals surface area contributed by atoms with Crippen LogP contribution in [0.5, 0.6) is 5.75 Å². The zero-order chi connectivity index (χ0) is 18.1. The van der Waals surface area contributed by atoms with Gasteiger partial charge in [0.15, 0.2) is 11.3 Å². The number of rotatable bonds is 4. The van der Waals surface area contributed by atoms with E-state index in [1.807, 2.05) is 0 Å². The number of nitrogens with zero attached hydrogens (tertiary/aromatic N) is 2. The number of fused-ring (bicyclic) bond motifs is 1. The highest BCUT2D eigenvalue weighted by atomic mass is 35.5. The van der Waals surface area contributed by atoms with Crippen molar-refractivity contribution in [3.05, 3.63) is 79.6 Å². The van der Waals surface area contributed by atoms with Gasteiger partial charge in [-0.15, -0.1) is 0 Å². The number of halogens is 1. The standard InChI is InChI=1S/C17H13ClN2O5/c18-12-3-1-2-10(6-12)8-20-5-4-19-9-11(7-13(21)22)15(23)16(24)14(19)17(20)25/h1-6,9,24H,7-8H2,(H,21,22)/p-1. The van der Waals surface area contributed by atoms with Crippen molar-refractivity contribution in [1.82, 2.24) is 8.97 Å². The summed E-state index contributed by atoms with van der Waals surface area (Å²) in [4.78, 5) is 35.4. The van der Waals surface area contributed by atoms with E-state index in [0.29, 0.717) is 5.02 Å². The van der Waals surface area contributed by atoms with Gasteiger partial charge >= 0.3 is 0 Å². The Labute approximate surface area is 146 Å². The summed E-state index contributed by atoms with van der Waals surface area (Å²) in [5.41, 5.74) is -1.10. The van der Waals surface area contributed by atoms with E-state index in [-0.39, 0.29) is 17.6 Å². The van der Waals surface area contributed by atoms with Crippen molar-refractivity contribution in [3.63, 3.8) is 0 Å². The summed E-state index contributed by atoms with van der Waals surface area (Å²) in [5, 5.41) is 21.3. The molecule has 8 heteroatoms. The number of carboxylic acids is 1. The molecular weight excluding hydrogens is 348 g/mol. The van der Waals surface area contributed by atoms with E-state index in [1.165, 1.54) is 27.6 Å². The fraction of sp³-hybridized carbons (Fsp3) is 0.118. The molecule has 0 aliphatic rings. The Kier molecular flexibility index (Phi) is 4.33. The number of hydrogen-bond donors (Lipinski definition) is 1. The average molecular weight is 360 g/mol. The predicted molar refractivity (Wildman–Crippen MR) is 88.9 cm³/mol. The molecule has 0 atom stereocenters. The number of aliphatic carboxylic acids is 1. The SMILES string of the molecule is O=C([O-])Cc1cn2ccn(Cc3cccc(Cl)c3)c(=O)c2c(O)c1=O. The molecule has 0 unspecified atom stereocenters. The fourth-order valence-corrected chi connectivity index (χ4v) is 2.81. The molecule has 0 aliphatic carbocycles. The van der Waals surface area contributed by atoms with E-state index in [1.54, 1.807) is 24.3 Å². The van der Waals surface area contributed by atoms with E-state index >= 15 is 0 Å². The molecule has 0 aliphatic heterocycles. The van der Waals surface area contributed by atoms with Crippen LogP contribution >= 0.6 is 11.6 Å². The van der Waals surface area contributed by atoms with Crippen LogP contribution in [0.25, 0.3) is 5.52 Å². The molecule has 1 aromatic carbocycles. The number of carboxylic acid groups (broad SMARTS) is 1. The molecule has 2 heterocycles. The van der Waals surface area contributed by atoms with Gasteiger partial charge in [-0.2, -0.15) is 0 Å². The number of carbonyl (C=O) groups excluding carboxylic acids is 1. The second kappa shape index (κ2) is 6.45. The van der Waals surface area contributed by atoms with Gasteiger partial charge in [-0.1, -0.05) is 23.7 Å². The van der Waals surface area contributed by atoms with Gasteiger partial charge in [-0.25, -0.2) is 0 Å². The molecule has 0 spiro atoms. The lowest BCUT2D eigenvalue weighted by molar-refractivity contribution is -0.304. The molecule has 3 rings (SSSR count). The van der Waals surface area contributed by atoms with Crippen LogP contribution in [0.1, 0.15) is 11.1 Å². The van der Waals surface area contributed by atoms with E-state index < -0.39 is 29.1 Å². The first-order valence-corrected chi connectivity index (χ1v) is 7.65. The molecule has 0 fully saturated rings. The van der Waals surface area contributed by atoms with Gasteiger partial charge in [0.05, 0.1) is 6.54 Å². The van der Waals surface area contributed by atoms with Crippen molar-refractivity contribution in [2.45, 2.75) is 13.0 Å². The first-order chi connectivity index (χ1) is 11.9. The van der Waals surface area contributed by atoms with Crippen LogP contribution in [0.15, 0.2) is 52.4 Å². The molecule has 25 heavy (non-hydrogen) atoms. The first kappa shape index (κ1) is 16.8. The molecule has 3 aromatic rings. The van der Waals surface area contributed by atoms with Gasteiger partial charge in [0.2, 0.25) is 5.43 Å². The Morgan fingerprint density at radius 1 is 1.24 bits per heavy atom. The number of aromatic nitrogens is 2. The summed E-state index contributed by atoms with van der Waals surface area (Å²) in [5.74, 6) is -2.24. The summed E-state index contributed by atoms with van der Waals surface area (Å²) < 4.78 is 2.55. The zero-order valence-electron chi connectivity index (χ0n) is 12.8. The highest BCUT2D eigenvalue weighted by Crippen LogP contribution is 2.14. The van der Waals surface area contributed by atoms with Gasteiger partial charge in [-0.3, -0.25) is 9.59 Å². The molecule has 0 saturated heterocycles. The highest BCUT2D eigenvalue weighted by Gasteiger charge is 2.14. The molecule has 2 aromatic heterocycles. The first-order valence-electron chi connectivity index (χ1n) is 7.27. The van der Waals surface area contributed by atoms with Crippen LogP contribution in [0.4, 0.5) is 0 Å². The lowest BCUT2D eigenvalue weighted by Gasteiger charge is -2.11. The summed E-state index contributed by atoms with van der Waals surface area (Å²) in [6.07, 6.45) is 3.49. The summed E-state index contributed by atoms with van der Waals surface area (Å²) in [6.45, 7) is 0.199. The quantitative estimate of drug-likeness (QED) is 0.714. The molecule has 0 amide bonds. The van der Waals surface area contributed by atoms with Crippen molar-refractivity contribution in [2.75, 3.05) is 0 Å². The number of aromatic hydroxyl groups is 1. The Hall–Kier alpha value is -3.06. The van der Waals surface area contributed by atoms with Crippen molar-refractivity contribution >= 4 is 23.1 Å². The monoisotopic (exact) mass is 359 g/mol. The maximum atomic E-state index is 12.6. The summed E-state index contributed by atoms with van der Waals surface area (Å²) in [7, 11) is 0. The molecule has 0 radical (unpaired) electrons. The maximum absolute atomic E-state index is 12.6. The van der Waals surface area contributed by atoms with E-state index in [4.69, 9.17) is 11.6 Å². The highest BCUT2D eigenvalue weighted by molar-refractivity contribution is 6.30. The van der Waals surface area contributed by atoms with E-state index in [2.05, 4.69) is 0 Å². The number of carbonyl (C=O) groups is 1. The third-order valence-corrected chi connectivity index (χ3v) is 3.97. The lowest BCUT2D eigenvalue weighted by atomic mass is 10.1. The minimum atomic E-state index is -1.45. The summed E-state index contributed by atoms with van der Waals surface area (Å²) in [6, 6.07) is 6.95. The Bertz CT molecular complexity index is 1100. The zero-order valence-corrected chi connectivity index (χ0v) is 13.6. The molecular formula is C17H12ClN2O5-. The number of benzene rings is 1. The molecule has 7 nitrogen and oxygen atoms in total. The molecule has 0 saturated carbocycles. The van der Waals surface area contributed by atoms with Gasteiger partial charge < -0.3 is 24.0 Å². The largest absolute Gasteiger partial charge is 0.550 e. The second-order valence-electron chi connectivity index (χ2n) is 5.50. The van der Waals surface area contributed by atoms with E-state index in [0.717, 1.165) is 5.56 Å². The fourth-order valence-electron chi connectivity index (χ4n) is 2.60. The van der Waals surface area contributed by atoms with Crippen molar-refractivity contribution in [2.24, 2.45) is 0 Å².